The Morgan fingerprint density at radius 3 is 2.48 bits per heavy atom. The second-order valence-electron chi connectivity index (χ2n) is 5.44. The van der Waals surface area contributed by atoms with Gasteiger partial charge in [0.15, 0.2) is 0 Å². The van der Waals surface area contributed by atoms with Gasteiger partial charge in [-0.3, -0.25) is 9.59 Å². The number of carbonyl (C=O) groups is 2. The molecule has 0 aromatic carbocycles. The minimum Gasteiger partial charge on any atom is -0.353 e. The van der Waals surface area contributed by atoms with Crippen LogP contribution in [0.3, 0.4) is 0 Å². The molecule has 5 heteroatoms. The molecule has 21 heavy (non-hydrogen) atoms. The largest absolute Gasteiger partial charge is 0.353 e. The summed E-state index contributed by atoms with van der Waals surface area (Å²) in [5, 5.41) is 4.50. The number of hydrogen-bond acceptors (Lipinski definition) is 3. The molecule has 1 N–H and O–H groups in total. The van der Waals surface area contributed by atoms with Crippen molar-refractivity contribution in [2.75, 3.05) is 19.6 Å². The summed E-state index contributed by atoms with van der Waals surface area (Å²) in [6.45, 7) is 4.63. The van der Waals surface area contributed by atoms with Crippen LogP contribution >= 0.6 is 11.8 Å². The van der Waals surface area contributed by atoms with Crippen LogP contribution in [0.4, 0.5) is 4.79 Å². The Kier molecular flexibility index (Phi) is 10.0. The molecular weight excluding hydrogens is 284 g/mol. The number of likely N-dealkylation sites (tertiary alicyclic amines) is 1. The number of unbranched alkanes of at least 4 members (excludes halogenated alkanes) is 5. The molecule has 0 radical (unpaired) electrons. The highest BCUT2D eigenvalue weighted by atomic mass is 32.2. The fourth-order valence-electron chi connectivity index (χ4n) is 2.30. The van der Waals surface area contributed by atoms with Gasteiger partial charge < -0.3 is 10.2 Å². The molecule has 1 fully saturated rings. The molecule has 1 aliphatic rings. The van der Waals surface area contributed by atoms with E-state index in [9.17, 15) is 9.59 Å². The molecule has 0 aromatic heterocycles. The Morgan fingerprint density at radius 1 is 1.10 bits per heavy atom. The summed E-state index contributed by atoms with van der Waals surface area (Å²) in [5.74, 6) is -0.106. The van der Waals surface area contributed by atoms with Gasteiger partial charge in [0.2, 0.25) is 5.91 Å². The van der Waals surface area contributed by atoms with Crippen molar-refractivity contribution in [3.8, 4) is 0 Å². The topological polar surface area (TPSA) is 49.4 Å². The second kappa shape index (κ2) is 11.7. The molecule has 0 spiro atoms. The normalized spacial score (nSPS) is 14.8. The molecule has 1 rings (SSSR count). The van der Waals surface area contributed by atoms with Gasteiger partial charge in [-0.2, -0.15) is 0 Å². The standard InChI is InChI=1S/C16H28N2O2S/c1-2-3-4-5-6-7-11-17-15(19)10-14-21-16(20)18-12-8-9-13-18/h10,14H,2-9,11-13H2,1H3,(H,17,19). The first kappa shape index (κ1) is 18.1. The molecule has 2 amide bonds. The van der Waals surface area contributed by atoms with Crippen LogP contribution in [-0.2, 0) is 4.79 Å². The highest BCUT2D eigenvalue weighted by molar-refractivity contribution is 8.16. The molecule has 4 nitrogen and oxygen atoms in total. The first-order chi connectivity index (χ1) is 10.2. The third-order valence-electron chi connectivity index (χ3n) is 3.58. The molecule has 0 bridgehead atoms. The van der Waals surface area contributed by atoms with E-state index in [-0.39, 0.29) is 11.1 Å². The summed E-state index contributed by atoms with van der Waals surface area (Å²) in [4.78, 5) is 25.1. The zero-order valence-corrected chi connectivity index (χ0v) is 13.9. The van der Waals surface area contributed by atoms with Gasteiger partial charge in [-0.1, -0.05) is 39.0 Å². The Labute approximate surface area is 132 Å². The van der Waals surface area contributed by atoms with Gasteiger partial charge in [0.05, 0.1) is 0 Å². The van der Waals surface area contributed by atoms with E-state index < -0.39 is 0 Å². The molecule has 0 saturated carbocycles. The number of amides is 2. The van der Waals surface area contributed by atoms with Crippen LogP contribution in [0.15, 0.2) is 11.5 Å². The van der Waals surface area contributed by atoms with Crippen molar-refractivity contribution in [3.63, 3.8) is 0 Å². The van der Waals surface area contributed by atoms with Crippen LogP contribution in [0, 0.1) is 0 Å². The summed E-state index contributed by atoms with van der Waals surface area (Å²) in [6, 6.07) is 0. The van der Waals surface area contributed by atoms with Gasteiger partial charge in [0.25, 0.3) is 5.24 Å². The lowest BCUT2D eigenvalue weighted by Crippen LogP contribution is -2.23. The molecule has 120 valence electrons. The maximum Gasteiger partial charge on any atom is 0.285 e. The quantitative estimate of drug-likeness (QED) is 0.518. The average Bonchev–Trinajstić information content (AvgIpc) is 3.00. The third kappa shape index (κ3) is 8.81. The number of rotatable bonds is 9. The highest BCUT2D eigenvalue weighted by Crippen LogP contribution is 2.16. The summed E-state index contributed by atoms with van der Waals surface area (Å²) < 4.78 is 0. The Balaban J connectivity index is 1.99. The van der Waals surface area contributed by atoms with E-state index in [2.05, 4.69) is 12.2 Å². The zero-order valence-electron chi connectivity index (χ0n) is 13.1. The number of carbonyl (C=O) groups excluding carboxylic acids is 2. The van der Waals surface area contributed by atoms with Crippen LogP contribution in [0.5, 0.6) is 0 Å². The van der Waals surface area contributed by atoms with Gasteiger partial charge in [-0.25, -0.2) is 0 Å². The van der Waals surface area contributed by atoms with E-state index in [1.807, 2.05) is 4.90 Å². The van der Waals surface area contributed by atoms with E-state index in [0.717, 1.165) is 50.7 Å². The summed E-state index contributed by atoms with van der Waals surface area (Å²) in [7, 11) is 0. The zero-order chi connectivity index (χ0) is 15.3. The van der Waals surface area contributed by atoms with Crippen LogP contribution in [0.2, 0.25) is 0 Å². The first-order valence-corrected chi connectivity index (χ1v) is 9.02. The monoisotopic (exact) mass is 312 g/mol. The van der Waals surface area contributed by atoms with E-state index in [0.29, 0.717) is 0 Å². The van der Waals surface area contributed by atoms with E-state index in [4.69, 9.17) is 0 Å². The fraction of sp³-hybridized carbons (Fsp3) is 0.750. The summed E-state index contributed by atoms with van der Waals surface area (Å²) in [6.07, 6.45) is 10.9. The third-order valence-corrected chi connectivity index (χ3v) is 4.31. The van der Waals surface area contributed by atoms with Crippen molar-refractivity contribution >= 4 is 22.9 Å². The van der Waals surface area contributed by atoms with Crippen LogP contribution < -0.4 is 5.32 Å². The van der Waals surface area contributed by atoms with Crippen molar-refractivity contribution in [1.29, 1.82) is 0 Å². The van der Waals surface area contributed by atoms with Crippen molar-refractivity contribution in [2.24, 2.45) is 0 Å². The minimum atomic E-state index is -0.106. The lowest BCUT2D eigenvalue weighted by Gasteiger charge is -2.12. The number of thioether (sulfide) groups is 1. The molecule has 1 aliphatic heterocycles. The SMILES string of the molecule is CCCCCCCCNC(=O)C=CSC(=O)N1CCCC1. The van der Waals surface area contributed by atoms with Gasteiger partial charge in [-0.15, -0.1) is 0 Å². The molecule has 0 atom stereocenters. The molecule has 0 unspecified atom stereocenters. The molecule has 1 saturated heterocycles. The van der Waals surface area contributed by atoms with Gasteiger partial charge >= 0.3 is 0 Å². The van der Waals surface area contributed by atoms with Gasteiger partial charge in [0, 0.05) is 25.7 Å². The lowest BCUT2D eigenvalue weighted by atomic mass is 10.1. The van der Waals surface area contributed by atoms with Crippen LogP contribution in [0.1, 0.15) is 58.3 Å². The van der Waals surface area contributed by atoms with Crippen molar-refractivity contribution in [1.82, 2.24) is 10.2 Å². The maximum atomic E-state index is 11.7. The van der Waals surface area contributed by atoms with Crippen molar-refractivity contribution < 1.29 is 9.59 Å². The maximum absolute atomic E-state index is 11.7. The predicted molar refractivity (Wildman–Crippen MR) is 89.3 cm³/mol. The fourth-order valence-corrected chi connectivity index (χ4v) is 2.94. The lowest BCUT2D eigenvalue weighted by molar-refractivity contribution is -0.116. The number of nitrogens with zero attached hydrogens (tertiary/aromatic N) is 1. The molecular formula is C16H28N2O2S. The molecule has 0 aliphatic carbocycles. The van der Waals surface area contributed by atoms with Gasteiger partial charge in [0.1, 0.15) is 0 Å². The Morgan fingerprint density at radius 2 is 1.76 bits per heavy atom. The second-order valence-corrected chi connectivity index (χ2v) is 6.30. The smallest absolute Gasteiger partial charge is 0.285 e. The minimum absolute atomic E-state index is 0.0486. The Hall–Kier alpha value is -0.970. The van der Waals surface area contributed by atoms with E-state index in [1.54, 1.807) is 5.41 Å². The summed E-state index contributed by atoms with van der Waals surface area (Å²) in [5.41, 5.74) is 0. The molecule has 1 heterocycles. The number of nitrogens with one attached hydrogen (secondary N) is 1. The number of hydrogen-bond donors (Lipinski definition) is 1. The van der Waals surface area contributed by atoms with E-state index in [1.165, 1.54) is 38.2 Å². The van der Waals surface area contributed by atoms with Crippen LogP contribution in [0.25, 0.3) is 0 Å². The predicted octanol–water partition coefficient (Wildman–Crippen LogP) is 3.93. The van der Waals surface area contributed by atoms with Gasteiger partial charge in [-0.05, 0) is 36.4 Å². The highest BCUT2D eigenvalue weighted by Gasteiger charge is 2.16. The Bertz CT molecular complexity index is 339. The van der Waals surface area contributed by atoms with Crippen molar-refractivity contribution in [2.45, 2.75) is 58.3 Å². The van der Waals surface area contributed by atoms with Crippen LogP contribution in [-0.4, -0.2) is 35.7 Å². The van der Waals surface area contributed by atoms with E-state index >= 15 is 0 Å². The first-order valence-electron chi connectivity index (χ1n) is 8.14. The van der Waals surface area contributed by atoms with Crippen molar-refractivity contribution in [3.05, 3.63) is 11.5 Å². The average molecular weight is 312 g/mol. The molecule has 0 aromatic rings. The summed E-state index contributed by atoms with van der Waals surface area (Å²) >= 11 is 1.10.